The summed E-state index contributed by atoms with van der Waals surface area (Å²) in [5.74, 6) is 1.13. The fourth-order valence-electron chi connectivity index (χ4n) is 1.22. The van der Waals surface area contributed by atoms with Gasteiger partial charge in [0.25, 0.3) is 0 Å². The Hall–Kier alpha value is -0.610. The van der Waals surface area contributed by atoms with Gasteiger partial charge in [-0.25, -0.2) is 4.98 Å². The van der Waals surface area contributed by atoms with E-state index in [1.165, 1.54) is 0 Å². The van der Waals surface area contributed by atoms with Crippen LogP contribution in [0.25, 0.3) is 0 Å². The van der Waals surface area contributed by atoms with Crippen molar-refractivity contribution in [2.75, 3.05) is 18.9 Å². The van der Waals surface area contributed by atoms with Crippen LogP contribution in [0.3, 0.4) is 0 Å². The number of thiazole rings is 1. The van der Waals surface area contributed by atoms with Crippen LogP contribution < -0.4 is 5.73 Å². The maximum absolute atomic E-state index is 5.50. The van der Waals surface area contributed by atoms with Gasteiger partial charge < -0.3 is 10.5 Å². The number of aromatic nitrogens is 1. The molecule has 1 saturated heterocycles. The normalized spacial score (nSPS) is 24.2. The molecule has 0 bridgehead atoms. The topological polar surface area (TPSA) is 48.1 Å². The third kappa shape index (κ3) is 1.36. The second kappa shape index (κ2) is 2.79. The van der Waals surface area contributed by atoms with E-state index in [0.717, 1.165) is 24.6 Å². The SMILES string of the molecule is Nc1csc(C2CCOC2)n1. The zero-order valence-corrected chi connectivity index (χ0v) is 6.93. The van der Waals surface area contributed by atoms with Crippen LogP contribution in [0.2, 0.25) is 0 Å². The van der Waals surface area contributed by atoms with Crippen molar-refractivity contribution in [1.82, 2.24) is 4.98 Å². The van der Waals surface area contributed by atoms with E-state index in [2.05, 4.69) is 4.98 Å². The molecule has 1 fully saturated rings. The average molecular weight is 170 g/mol. The lowest BCUT2D eigenvalue weighted by molar-refractivity contribution is 0.194. The van der Waals surface area contributed by atoms with Gasteiger partial charge in [-0.05, 0) is 6.42 Å². The molecule has 60 valence electrons. The Kier molecular flexibility index (Phi) is 1.79. The minimum atomic E-state index is 0.497. The highest BCUT2D eigenvalue weighted by atomic mass is 32.1. The van der Waals surface area contributed by atoms with E-state index >= 15 is 0 Å². The van der Waals surface area contributed by atoms with Gasteiger partial charge in [0.1, 0.15) is 10.8 Å². The van der Waals surface area contributed by atoms with Crippen LogP contribution in [0.15, 0.2) is 5.38 Å². The van der Waals surface area contributed by atoms with Crippen LogP contribution in [0.1, 0.15) is 17.3 Å². The van der Waals surface area contributed by atoms with Crippen LogP contribution in [-0.2, 0) is 4.74 Å². The van der Waals surface area contributed by atoms with Crippen molar-refractivity contribution in [3.8, 4) is 0 Å². The van der Waals surface area contributed by atoms with Crippen LogP contribution in [-0.4, -0.2) is 18.2 Å². The zero-order chi connectivity index (χ0) is 7.68. The van der Waals surface area contributed by atoms with E-state index in [1.807, 2.05) is 5.38 Å². The Morgan fingerprint density at radius 3 is 3.18 bits per heavy atom. The number of nitrogens with zero attached hydrogens (tertiary/aromatic N) is 1. The maximum Gasteiger partial charge on any atom is 0.134 e. The Morgan fingerprint density at radius 1 is 1.73 bits per heavy atom. The van der Waals surface area contributed by atoms with Crippen molar-refractivity contribution in [3.05, 3.63) is 10.4 Å². The number of ether oxygens (including phenoxy) is 1. The molecule has 11 heavy (non-hydrogen) atoms. The summed E-state index contributed by atoms with van der Waals surface area (Å²) in [4.78, 5) is 4.21. The standard InChI is InChI=1S/C7H10N2OS/c8-6-4-11-7(9-6)5-1-2-10-3-5/h4-5H,1-3,8H2. The molecule has 4 heteroatoms. The smallest absolute Gasteiger partial charge is 0.134 e. The van der Waals surface area contributed by atoms with Crippen molar-refractivity contribution < 1.29 is 4.74 Å². The van der Waals surface area contributed by atoms with E-state index in [4.69, 9.17) is 10.5 Å². The summed E-state index contributed by atoms with van der Waals surface area (Å²) in [6, 6.07) is 0. The summed E-state index contributed by atoms with van der Waals surface area (Å²) in [7, 11) is 0. The van der Waals surface area contributed by atoms with Gasteiger partial charge in [-0.15, -0.1) is 11.3 Å². The highest BCUT2D eigenvalue weighted by molar-refractivity contribution is 7.10. The van der Waals surface area contributed by atoms with Crippen molar-refractivity contribution in [2.45, 2.75) is 12.3 Å². The van der Waals surface area contributed by atoms with Gasteiger partial charge in [0.2, 0.25) is 0 Å². The van der Waals surface area contributed by atoms with Gasteiger partial charge in [-0.3, -0.25) is 0 Å². The second-order valence-corrected chi connectivity index (χ2v) is 3.56. The van der Waals surface area contributed by atoms with Crippen LogP contribution in [0.4, 0.5) is 5.82 Å². The first kappa shape index (κ1) is 7.06. The molecule has 1 aromatic heterocycles. The summed E-state index contributed by atoms with van der Waals surface area (Å²) >= 11 is 1.63. The number of rotatable bonds is 1. The summed E-state index contributed by atoms with van der Waals surface area (Å²) in [5, 5.41) is 3.01. The summed E-state index contributed by atoms with van der Waals surface area (Å²) < 4.78 is 5.25. The number of hydrogen-bond donors (Lipinski definition) is 1. The van der Waals surface area contributed by atoms with Gasteiger partial charge in [-0.2, -0.15) is 0 Å². The van der Waals surface area contributed by atoms with E-state index in [-0.39, 0.29) is 0 Å². The first-order chi connectivity index (χ1) is 5.36. The third-order valence-corrected chi connectivity index (χ3v) is 2.84. The van der Waals surface area contributed by atoms with E-state index < -0.39 is 0 Å². The number of anilines is 1. The molecule has 2 heterocycles. The first-order valence-corrected chi connectivity index (χ1v) is 4.53. The second-order valence-electron chi connectivity index (χ2n) is 2.67. The van der Waals surface area contributed by atoms with E-state index in [9.17, 15) is 0 Å². The highest BCUT2D eigenvalue weighted by Crippen LogP contribution is 2.28. The molecule has 2 rings (SSSR count). The first-order valence-electron chi connectivity index (χ1n) is 3.65. The Labute approximate surface area is 69.2 Å². The lowest BCUT2D eigenvalue weighted by atomic mass is 10.1. The molecular weight excluding hydrogens is 160 g/mol. The molecule has 0 spiro atoms. The van der Waals surface area contributed by atoms with Crippen LogP contribution in [0.5, 0.6) is 0 Å². The molecule has 0 aliphatic carbocycles. The molecule has 1 aromatic rings. The number of nitrogens with two attached hydrogens (primary N) is 1. The monoisotopic (exact) mass is 170 g/mol. The highest BCUT2D eigenvalue weighted by Gasteiger charge is 2.20. The predicted octanol–water partition coefficient (Wildman–Crippen LogP) is 1.23. The fraction of sp³-hybridized carbons (Fsp3) is 0.571. The summed E-state index contributed by atoms with van der Waals surface area (Å²) in [6.07, 6.45) is 1.09. The fourth-order valence-corrected chi connectivity index (χ4v) is 2.05. The molecule has 1 aliphatic heterocycles. The summed E-state index contributed by atoms with van der Waals surface area (Å²) in [6.45, 7) is 1.68. The van der Waals surface area contributed by atoms with E-state index in [1.54, 1.807) is 11.3 Å². The van der Waals surface area contributed by atoms with Crippen molar-refractivity contribution in [2.24, 2.45) is 0 Å². The predicted molar refractivity (Wildman–Crippen MR) is 44.7 cm³/mol. The lowest BCUT2D eigenvalue weighted by Crippen LogP contribution is -1.96. The Balaban J connectivity index is 2.15. The minimum absolute atomic E-state index is 0.497. The largest absolute Gasteiger partial charge is 0.383 e. The van der Waals surface area contributed by atoms with Crippen molar-refractivity contribution in [3.63, 3.8) is 0 Å². The molecule has 1 unspecified atom stereocenters. The van der Waals surface area contributed by atoms with Crippen molar-refractivity contribution in [1.29, 1.82) is 0 Å². The number of nitrogen functional groups attached to an aromatic ring is 1. The van der Waals surface area contributed by atoms with Gasteiger partial charge in [0.05, 0.1) is 6.61 Å². The molecular formula is C7H10N2OS. The van der Waals surface area contributed by atoms with Crippen LogP contribution in [0, 0.1) is 0 Å². The van der Waals surface area contributed by atoms with Crippen LogP contribution >= 0.6 is 11.3 Å². The van der Waals surface area contributed by atoms with Gasteiger partial charge in [0, 0.05) is 17.9 Å². The molecule has 0 saturated carbocycles. The quantitative estimate of drug-likeness (QED) is 0.689. The molecule has 3 nitrogen and oxygen atoms in total. The minimum Gasteiger partial charge on any atom is -0.383 e. The van der Waals surface area contributed by atoms with Gasteiger partial charge in [-0.1, -0.05) is 0 Å². The average Bonchev–Trinajstić information content (AvgIpc) is 2.55. The number of hydrogen-bond acceptors (Lipinski definition) is 4. The molecule has 1 atom stereocenters. The van der Waals surface area contributed by atoms with Crippen molar-refractivity contribution >= 4 is 17.2 Å². The van der Waals surface area contributed by atoms with E-state index in [0.29, 0.717) is 11.7 Å². The maximum atomic E-state index is 5.50. The summed E-state index contributed by atoms with van der Waals surface area (Å²) in [5.41, 5.74) is 5.50. The molecule has 1 aliphatic rings. The molecule has 0 radical (unpaired) electrons. The third-order valence-electron chi connectivity index (χ3n) is 1.82. The Bertz CT molecular complexity index is 242. The molecule has 2 N–H and O–H groups in total. The van der Waals surface area contributed by atoms with Gasteiger partial charge >= 0.3 is 0 Å². The van der Waals surface area contributed by atoms with Gasteiger partial charge in [0.15, 0.2) is 0 Å². The molecule has 0 aromatic carbocycles. The Morgan fingerprint density at radius 2 is 2.64 bits per heavy atom. The molecule has 0 amide bonds. The lowest BCUT2D eigenvalue weighted by Gasteiger charge is -1.99. The zero-order valence-electron chi connectivity index (χ0n) is 6.12.